The van der Waals surface area contributed by atoms with Gasteiger partial charge >= 0.3 is 5.97 Å². The fourth-order valence-electron chi connectivity index (χ4n) is 2.66. The highest BCUT2D eigenvalue weighted by Crippen LogP contribution is 2.27. The molecule has 0 bridgehead atoms. The maximum Gasteiger partial charge on any atom is 0.306 e. The first-order chi connectivity index (χ1) is 11.5. The number of hydrogen-bond acceptors (Lipinski definition) is 4. The highest BCUT2D eigenvalue weighted by atomic mass is 16.5. The Bertz CT molecular complexity index is 711. The number of hydrogen-bond donors (Lipinski definition) is 3. The van der Waals surface area contributed by atoms with E-state index in [9.17, 15) is 4.79 Å². The molecule has 24 heavy (non-hydrogen) atoms. The van der Waals surface area contributed by atoms with Crippen LogP contribution in [0.4, 0.5) is 5.69 Å². The van der Waals surface area contributed by atoms with Crippen molar-refractivity contribution >= 4 is 17.5 Å². The van der Waals surface area contributed by atoms with Crippen LogP contribution < -0.4 is 11.5 Å². The zero-order valence-corrected chi connectivity index (χ0v) is 13.8. The average molecular weight is 325 g/mol. The summed E-state index contributed by atoms with van der Waals surface area (Å²) in [6.45, 7) is 0. The van der Waals surface area contributed by atoms with E-state index in [1.54, 1.807) is 6.07 Å². The van der Waals surface area contributed by atoms with E-state index in [1.165, 1.54) is 12.7 Å². The Morgan fingerprint density at radius 3 is 2.54 bits per heavy atom. The van der Waals surface area contributed by atoms with E-state index >= 15 is 0 Å². The molecule has 0 aliphatic rings. The molecule has 5 heteroatoms. The molecule has 0 saturated heterocycles. The fraction of sp³-hybridized carbons (Fsp3) is 0.263. The van der Waals surface area contributed by atoms with Crippen LogP contribution >= 0.6 is 0 Å². The number of nitrogens with one attached hydrogen (secondary N) is 1. The van der Waals surface area contributed by atoms with Gasteiger partial charge in [-0.25, -0.2) is 0 Å². The topological polar surface area (TPSA) is 102 Å². The number of esters is 1. The Morgan fingerprint density at radius 1 is 1.21 bits per heavy atom. The summed E-state index contributed by atoms with van der Waals surface area (Å²) in [6.07, 6.45) is 1.92. The number of ether oxygens (including phenoxy) is 1. The summed E-state index contributed by atoms with van der Waals surface area (Å²) in [5.74, 6) is -0.216. The van der Waals surface area contributed by atoms with Gasteiger partial charge in [0.05, 0.1) is 13.5 Å². The van der Waals surface area contributed by atoms with Crippen molar-refractivity contribution in [3.05, 3.63) is 65.2 Å². The number of nitrogens with two attached hydrogens (primary N) is 2. The number of aryl methyl sites for hydroxylation is 1. The predicted octanol–water partition coefficient (Wildman–Crippen LogP) is 2.83. The zero-order valence-electron chi connectivity index (χ0n) is 13.8. The highest BCUT2D eigenvalue weighted by molar-refractivity contribution is 5.95. The number of amidine groups is 1. The van der Waals surface area contributed by atoms with E-state index in [1.807, 2.05) is 42.5 Å². The van der Waals surface area contributed by atoms with E-state index in [0.29, 0.717) is 12.0 Å². The maximum absolute atomic E-state index is 11.8. The molecule has 2 rings (SSSR count). The third-order valence-corrected chi connectivity index (χ3v) is 4.07. The van der Waals surface area contributed by atoms with Gasteiger partial charge in [0.1, 0.15) is 5.84 Å². The lowest BCUT2D eigenvalue weighted by Crippen LogP contribution is -2.13. The molecule has 0 spiro atoms. The summed E-state index contributed by atoms with van der Waals surface area (Å²) in [4.78, 5) is 11.8. The third-order valence-electron chi connectivity index (χ3n) is 4.07. The summed E-state index contributed by atoms with van der Waals surface area (Å²) in [5.41, 5.74) is 14.8. The minimum Gasteiger partial charge on any atom is -0.469 e. The largest absolute Gasteiger partial charge is 0.469 e. The van der Waals surface area contributed by atoms with Gasteiger partial charge in [-0.1, -0.05) is 30.3 Å². The van der Waals surface area contributed by atoms with Gasteiger partial charge in [-0.3, -0.25) is 10.2 Å². The minimum atomic E-state index is -0.245. The lowest BCUT2D eigenvalue weighted by molar-refractivity contribution is -0.141. The van der Waals surface area contributed by atoms with E-state index in [4.69, 9.17) is 21.6 Å². The molecule has 0 amide bonds. The molecule has 0 aliphatic heterocycles. The van der Waals surface area contributed by atoms with Crippen LogP contribution in [0.3, 0.4) is 0 Å². The SMILES string of the molecule is COC(=O)CC(CCc1ccc(N)cc1)c1cccc(C(=N)N)c1. The molecule has 0 radical (unpaired) electrons. The number of methoxy groups -OCH3 is 1. The second-order valence-electron chi connectivity index (χ2n) is 5.80. The van der Waals surface area contributed by atoms with E-state index in [2.05, 4.69) is 0 Å². The highest BCUT2D eigenvalue weighted by Gasteiger charge is 2.17. The first-order valence-corrected chi connectivity index (χ1v) is 7.85. The Labute approximate surface area is 142 Å². The lowest BCUT2D eigenvalue weighted by Gasteiger charge is -2.17. The molecule has 1 atom stereocenters. The van der Waals surface area contributed by atoms with Crippen LogP contribution in [-0.4, -0.2) is 18.9 Å². The number of nitrogen functional groups attached to an aromatic ring is 2. The van der Waals surface area contributed by atoms with Gasteiger partial charge in [-0.15, -0.1) is 0 Å². The predicted molar refractivity (Wildman–Crippen MR) is 96.0 cm³/mol. The number of carbonyl (C=O) groups is 1. The Morgan fingerprint density at radius 2 is 1.92 bits per heavy atom. The molecule has 5 nitrogen and oxygen atoms in total. The fourth-order valence-corrected chi connectivity index (χ4v) is 2.66. The molecule has 2 aromatic carbocycles. The van der Waals surface area contributed by atoms with Crippen LogP contribution in [0.15, 0.2) is 48.5 Å². The van der Waals surface area contributed by atoms with Crippen LogP contribution in [-0.2, 0) is 16.0 Å². The van der Waals surface area contributed by atoms with E-state index in [0.717, 1.165) is 24.1 Å². The first-order valence-electron chi connectivity index (χ1n) is 7.85. The Kier molecular flexibility index (Phi) is 5.95. The standard InChI is InChI=1S/C19H23N3O2/c1-24-18(23)12-15(8-5-13-6-9-17(20)10-7-13)14-3-2-4-16(11-14)19(21)22/h2-4,6-7,9-11,15H,5,8,12,20H2,1H3,(H3,21,22). The first kappa shape index (κ1) is 17.5. The van der Waals surface area contributed by atoms with Crippen LogP contribution in [0.1, 0.15) is 35.4 Å². The summed E-state index contributed by atoms with van der Waals surface area (Å²) in [7, 11) is 1.39. The minimum absolute atomic E-state index is 0.00861. The van der Waals surface area contributed by atoms with Crippen molar-refractivity contribution < 1.29 is 9.53 Å². The van der Waals surface area contributed by atoms with Crippen molar-refractivity contribution in [2.24, 2.45) is 5.73 Å². The normalized spacial score (nSPS) is 11.7. The molecular weight excluding hydrogens is 302 g/mol. The van der Waals surface area contributed by atoms with Gasteiger partial charge in [0.25, 0.3) is 0 Å². The van der Waals surface area contributed by atoms with Crippen LogP contribution in [0, 0.1) is 5.41 Å². The summed E-state index contributed by atoms with van der Waals surface area (Å²) >= 11 is 0. The van der Waals surface area contributed by atoms with Crippen molar-refractivity contribution in [2.45, 2.75) is 25.2 Å². The molecular formula is C19H23N3O2. The Balaban J connectivity index is 2.17. The third kappa shape index (κ3) is 4.84. The van der Waals surface area contributed by atoms with Gasteiger partial charge in [-0.2, -0.15) is 0 Å². The average Bonchev–Trinajstić information content (AvgIpc) is 2.59. The molecule has 0 saturated carbocycles. The number of anilines is 1. The maximum atomic E-state index is 11.8. The zero-order chi connectivity index (χ0) is 17.5. The summed E-state index contributed by atoms with van der Waals surface area (Å²) in [5, 5.41) is 7.58. The molecule has 126 valence electrons. The number of rotatable bonds is 7. The second-order valence-corrected chi connectivity index (χ2v) is 5.80. The van der Waals surface area contributed by atoms with E-state index < -0.39 is 0 Å². The van der Waals surface area contributed by atoms with Crippen LogP contribution in [0.25, 0.3) is 0 Å². The van der Waals surface area contributed by atoms with Gasteiger partial charge in [-0.05, 0) is 48.1 Å². The Hall–Kier alpha value is -2.82. The molecule has 0 fully saturated rings. The van der Waals surface area contributed by atoms with Crippen molar-refractivity contribution in [3.8, 4) is 0 Å². The van der Waals surface area contributed by atoms with Gasteiger partial charge in [0.2, 0.25) is 0 Å². The smallest absolute Gasteiger partial charge is 0.306 e. The molecule has 0 aromatic heterocycles. The summed E-state index contributed by atoms with van der Waals surface area (Å²) < 4.78 is 4.83. The number of carbonyl (C=O) groups excluding carboxylic acids is 1. The monoisotopic (exact) mass is 325 g/mol. The van der Waals surface area contributed by atoms with Crippen LogP contribution in [0.2, 0.25) is 0 Å². The van der Waals surface area contributed by atoms with Gasteiger partial charge < -0.3 is 16.2 Å². The number of benzene rings is 2. The second kappa shape index (κ2) is 8.15. The van der Waals surface area contributed by atoms with Crippen molar-refractivity contribution in [3.63, 3.8) is 0 Å². The van der Waals surface area contributed by atoms with Gasteiger partial charge in [0, 0.05) is 11.3 Å². The molecule has 2 aromatic rings. The lowest BCUT2D eigenvalue weighted by atomic mass is 9.88. The summed E-state index contributed by atoms with van der Waals surface area (Å²) in [6, 6.07) is 15.2. The molecule has 0 heterocycles. The van der Waals surface area contributed by atoms with Crippen molar-refractivity contribution in [1.82, 2.24) is 0 Å². The molecule has 0 aliphatic carbocycles. The molecule has 1 unspecified atom stereocenters. The van der Waals surface area contributed by atoms with Crippen molar-refractivity contribution in [1.29, 1.82) is 5.41 Å². The van der Waals surface area contributed by atoms with Gasteiger partial charge in [0.15, 0.2) is 0 Å². The van der Waals surface area contributed by atoms with Crippen LogP contribution in [0.5, 0.6) is 0 Å². The molecule has 5 N–H and O–H groups in total. The quantitative estimate of drug-likeness (QED) is 0.315. The van der Waals surface area contributed by atoms with Crippen molar-refractivity contribution in [2.75, 3.05) is 12.8 Å². The van der Waals surface area contributed by atoms with E-state index in [-0.39, 0.29) is 17.7 Å².